The fourth-order valence-electron chi connectivity index (χ4n) is 4.10. The van der Waals surface area contributed by atoms with Gasteiger partial charge in [0.15, 0.2) is 11.6 Å². The molecule has 0 unspecified atom stereocenters. The number of hydrogen-bond acceptors (Lipinski definition) is 8. The molecule has 3 rings (SSSR count). The standard InChI is InChI=1S/C27H33N5O6/c1-26(2,3)38-22(34)13-14-27(25(28)35)23(21-8-5-4-7-19(21)17-30-32-29)37-24(31-27)18-9-11-20(12-10-18)36-16-6-15-33/h4-5,7-12,23,33H,6,13-17H2,1-3H3,(H2,28,35)/t23-,27-/m0/s1. The topological polar surface area (TPSA) is 169 Å². The first-order valence-corrected chi connectivity index (χ1v) is 12.3. The van der Waals surface area contributed by atoms with E-state index < -0.39 is 29.1 Å². The maximum Gasteiger partial charge on any atom is 0.306 e. The van der Waals surface area contributed by atoms with Gasteiger partial charge in [-0.3, -0.25) is 9.59 Å². The second kappa shape index (κ2) is 12.4. The second-order valence-corrected chi connectivity index (χ2v) is 9.83. The molecule has 1 amide bonds. The number of ether oxygens (including phenoxy) is 3. The molecule has 0 aliphatic carbocycles. The zero-order chi connectivity index (χ0) is 27.8. The number of hydrogen-bond donors (Lipinski definition) is 2. The summed E-state index contributed by atoms with van der Waals surface area (Å²) in [5, 5.41) is 12.6. The highest BCUT2D eigenvalue weighted by atomic mass is 16.6. The van der Waals surface area contributed by atoms with Crippen molar-refractivity contribution >= 4 is 17.8 Å². The number of esters is 1. The Morgan fingerprint density at radius 2 is 1.92 bits per heavy atom. The summed E-state index contributed by atoms with van der Waals surface area (Å²) >= 11 is 0. The number of aliphatic hydroxyl groups is 1. The monoisotopic (exact) mass is 523 g/mol. The lowest BCUT2D eigenvalue weighted by Gasteiger charge is -2.30. The number of amides is 1. The van der Waals surface area contributed by atoms with E-state index in [0.29, 0.717) is 35.5 Å². The normalized spacial score (nSPS) is 18.6. The molecule has 0 bridgehead atoms. The Kier molecular flexibility index (Phi) is 9.33. The van der Waals surface area contributed by atoms with Gasteiger partial charge in [-0.05, 0) is 68.1 Å². The number of carbonyl (C=O) groups is 2. The third kappa shape index (κ3) is 7.02. The van der Waals surface area contributed by atoms with Crippen LogP contribution < -0.4 is 10.5 Å². The van der Waals surface area contributed by atoms with Crippen LogP contribution in [0.4, 0.5) is 0 Å². The number of nitrogens with zero attached hydrogens (tertiary/aromatic N) is 4. The van der Waals surface area contributed by atoms with Gasteiger partial charge in [0.1, 0.15) is 11.4 Å². The Hall–Kier alpha value is -4.08. The van der Waals surface area contributed by atoms with Crippen LogP contribution >= 0.6 is 0 Å². The molecule has 1 aliphatic rings. The van der Waals surface area contributed by atoms with Crippen LogP contribution in [-0.2, 0) is 25.6 Å². The summed E-state index contributed by atoms with van der Waals surface area (Å²) < 4.78 is 17.3. The fraction of sp³-hybridized carbons (Fsp3) is 0.444. The smallest absolute Gasteiger partial charge is 0.306 e. The zero-order valence-corrected chi connectivity index (χ0v) is 21.8. The van der Waals surface area contributed by atoms with Crippen molar-refractivity contribution in [1.29, 1.82) is 0 Å². The van der Waals surface area contributed by atoms with Crippen molar-refractivity contribution in [3.8, 4) is 5.75 Å². The highest BCUT2D eigenvalue weighted by Gasteiger charge is 2.52. The first-order valence-electron chi connectivity index (χ1n) is 12.3. The number of primary amides is 1. The lowest BCUT2D eigenvalue weighted by Crippen LogP contribution is -2.46. The van der Waals surface area contributed by atoms with Crippen LogP contribution in [0.25, 0.3) is 10.4 Å². The molecule has 2 atom stereocenters. The third-order valence-corrected chi connectivity index (χ3v) is 5.84. The van der Waals surface area contributed by atoms with E-state index in [0.717, 1.165) is 0 Å². The summed E-state index contributed by atoms with van der Waals surface area (Å²) in [6, 6.07) is 14.0. The summed E-state index contributed by atoms with van der Waals surface area (Å²) in [5.41, 5.74) is 14.3. The third-order valence-electron chi connectivity index (χ3n) is 5.84. The van der Waals surface area contributed by atoms with Gasteiger partial charge in [0.05, 0.1) is 13.2 Å². The van der Waals surface area contributed by atoms with E-state index in [1.165, 1.54) is 0 Å². The molecule has 38 heavy (non-hydrogen) atoms. The summed E-state index contributed by atoms with van der Waals surface area (Å²) in [6.45, 7) is 5.71. The Bertz CT molecular complexity index is 1220. The number of nitrogens with two attached hydrogens (primary N) is 1. The van der Waals surface area contributed by atoms with Crippen LogP contribution in [-0.4, -0.2) is 47.2 Å². The second-order valence-electron chi connectivity index (χ2n) is 9.83. The Balaban J connectivity index is 2.01. The van der Waals surface area contributed by atoms with Crippen molar-refractivity contribution in [3.63, 3.8) is 0 Å². The van der Waals surface area contributed by atoms with Gasteiger partial charge in [-0.1, -0.05) is 29.4 Å². The molecular weight excluding hydrogens is 490 g/mol. The molecule has 2 aromatic rings. The summed E-state index contributed by atoms with van der Waals surface area (Å²) in [4.78, 5) is 33.2. The van der Waals surface area contributed by atoms with E-state index in [2.05, 4.69) is 15.0 Å². The van der Waals surface area contributed by atoms with Crippen molar-refractivity contribution in [3.05, 3.63) is 75.7 Å². The predicted molar refractivity (Wildman–Crippen MR) is 140 cm³/mol. The summed E-state index contributed by atoms with van der Waals surface area (Å²) in [6.07, 6.45) is -0.632. The van der Waals surface area contributed by atoms with Gasteiger partial charge >= 0.3 is 5.97 Å². The lowest BCUT2D eigenvalue weighted by molar-refractivity contribution is -0.155. The molecule has 0 spiro atoms. The molecule has 11 nitrogen and oxygen atoms in total. The van der Waals surface area contributed by atoms with E-state index >= 15 is 0 Å². The van der Waals surface area contributed by atoms with Gasteiger partial charge in [0.25, 0.3) is 0 Å². The minimum absolute atomic E-state index is 0.0304. The number of aliphatic hydroxyl groups excluding tert-OH is 1. The van der Waals surface area contributed by atoms with Crippen molar-refractivity contribution in [2.24, 2.45) is 15.8 Å². The first kappa shape index (κ1) is 28.5. The number of aliphatic imine (C=N–C) groups is 1. The molecule has 202 valence electrons. The van der Waals surface area contributed by atoms with Gasteiger partial charge in [0.2, 0.25) is 11.8 Å². The van der Waals surface area contributed by atoms with Crippen molar-refractivity contribution < 1.29 is 28.9 Å². The van der Waals surface area contributed by atoms with Crippen molar-refractivity contribution in [2.75, 3.05) is 13.2 Å². The molecule has 0 saturated heterocycles. The van der Waals surface area contributed by atoms with Gasteiger partial charge < -0.3 is 25.1 Å². The van der Waals surface area contributed by atoms with Crippen molar-refractivity contribution in [2.45, 2.75) is 63.8 Å². The zero-order valence-electron chi connectivity index (χ0n) is 21.8. The number of rotatable bonds is 12. The SMILES string of the molecule is CC(C)(C)OC(=O)CC[C@]1(C(N)=O)N=C(c2ccc(OCCCO)cc2)O[C@H]1c1ccccc1CN=[N+]=[N-]. The number of benzene rings is 2. The summed E-state index contributed by atoms with van der Waals surface area (Å²) in [5.74, 6) is -0.475. The molecule has 11 heteroatoms. The molecule has 0 aromatic heterocycles. The Labute approximate surface area is 221 Å². The average Bonchev–Trinajstić information content (AvgIpc) is 3.27. The molecule has 1 heterocycles. The van der Waals surface area contributed by atoms with E-state index in [4.69, 9.17) is 30.6 Å². The van der Waals surface area contributed by atoms with E-state index in [-0.39, 0.29) is 31.9 Å². The van der Waals surface area contributed by atoms with Gasteiger partial charge in [-0.15, -0.1) is 0 Å². The fourth-order valence-corrected chi connectivity index (χ4v) is 4.10. The van der Waals surface area contributed by atoms with E-state index in [1.54, 1.807) is 69.3 Å². The van der Waals surface area contributed by atoms with Gasteiger partial charge in [0, 0.05) is 29.9 Å². The maximum atomic E-state index is 13.1. The van der Waals surface area contributed by atoms with Gasteiger partial charge in [-0.2, -0.15) is 0 Å². The van der Waals surface area contributed by atoms with E-state index in [9.17, 15) is 9.59 Å². The number of carbonyl (C=O) groups excluding carboxylic acids is 2. The minimum Gasteiger partial charge on any atom is -0.494 e. The van der Waals surface area contributed by atoms with Crippen LogP contribution in [0, 0.1) is 0 Å². The van der Waals surface area contributed by atoms with Crippen LogP contribution in [0.3, 0.4) is 0 Å². The Morgan fingerprint density at radius 1 is 1.21 bits per heavy atom. The Morgan fingerprint density at radius 3 is 2.55 bits per heavy atom. The minimum atomic E-state index is -1.62. The van der Waals surface area contributed by atoms with Crippen molar-refractivity contribution in [1.82, 2.24) is 0 Å². The highest BCUT2D eigenvalue weighted by Crippen LogP contribution is 2.44. The van der Waals surface area contributed by atoms with Crippen LogP contribution in [0.5, 0.6) is 5.75 Å². The first-order chi connectivity index (χ1) is 18.1. The molecule has 1 aliphatic heterocycles. The van der Waals surface area contributed by atoms with Crippen LogP contribution in [0.1, 0.15) is 62.8 Å². The van der Waals surface area contributed by atoms with E-state index in [1.807, 2.05) is 0 Å². The highest BCUT2D eigenvalue weighted by molar-refractivity contribution is 6.00. The summed E-state index contributed by atoms with van der Waals surface area (Å²) in [7, 11) is 0. The predicted octanol–water partition coefficient (Wildman–Crippen LogP) is 4.12. The molecule has 0 fully saturated rings. The van der Waals surface area contributed by atoms with Crippen LogP contribution in [0.2, 0.25) is 0 Å². The molecular formula is C27H33N5O6. The quantitative estimate of drug-likeness (QED) is 0.139. The molecule has 0 saturated carbocycles. The van der Waals surface area contributed by atoms with Gasteiger partial charge in [-0.25, -0.2) is 4.99 Å². The molecule has 0 radical (unpaired) electrons. The molecule has 3 N–H and O–H groups in total. The molecule has 2 aromatic carbocycles. The number of azide groups is 1. The maximum absolute atomic E-state index is 13.1. The van der Waals surface area contributed by atoms with Crippen LogP contribution in [0.15, 0.2) is 58.6 Å². The lowest BCUT2D eigenvalue weighted by atomic mass is 9.82. The average molecular weight is 524 g/mol. The largest absolute Gasteiger partial charge is 0.494 e.